The number of aromatic carboxylic acids is 1. The highest BCUT2D eigenvalue weighted by atomic mass is 32.2. The standard InChI is InChI=1S/C14H11NO5S/c16-10-4-6-11(7-5-10)21-8-9-2-1-3-12(15(19)20)13(9)14(17)18/h1-7,16H,8H2,(H,17,18). The number of carboxylic acids is 1. The number of nitro benzene ring substituents is 1. The lowest BCUT2D eigenvalue weighted by atomic mass is 10.1. The lowest BCUT2D eigenvalue weighted by Crippen LogP contribution is -2.06. The number of thioether (sulfide) groups is 1. The second kappa shape index (κ2) is 6.27. The van der Waals surface area contributed by atoms with E-state index in [0.29, 0.717) is 5.56 Å². The van der Waals surface area contributed by atoms with E-state index in [1.54, 1.807) is 18.2 Å². The number of rotatable bonds is 5. The number of benzene rings is 2. The monoisotopic (exact) mass is 305 g/mol. The van der Waals surface area contributed by atoms with Crippen LogP contribution in [0.1, 0.15) is 15.9 Å². The number of nitro groups is 1. The van der Waals surface area contributed by atoms with E-state index in [1.165, 1.54) is 36.0 Å². The van der Waals surface area contributed by atoms with Crippen molar-refractivity contribution >= 4 is 23.4 Å². The average molecular weight is 305 g/mol. The van der Waals surface area contributed by atoms with Crippen LogP contribution >= 0.6 is 11.8 Å². The van der Waals surface area contributed by atoms with Crippen molar-refractivity contribution in [2.45, 2.75) is 10.6 Å². The fourth-order valence-corrected chi connectivity index (χ4v) is 2.70. The van der Waals surface area contributed by atoms with Crippen molar-refractivity contribution in [3.05, 3.63) is 63.7 Å². The van der Waals surface area contributed by atoms with Gasteiger partial charge in [0.2, 0.25) is 0 Å². The van der Waals surface area contributed by atoms with Crippen molar-refractivity contribution in [2.75, 3.05) is 0 Å². The second-order valence-electron chi connectivity index (χ2n) is 4.16. The molecule has 0 unspecified atom stereocenters. The van der Waals surface area contributed by atoms with Gasteiger partial charge in [-0.15, -0.1) is 11.8 Å². The molecule has 6 nitrogen and oxygen atoms in total. The van der Waals surface area contributed by atoms with Gasteiger partial charge in [-0.2, -0.15) is 0 Å². The molecule has 2 aromatic carbocycles. The molecular formula is C14H11NO5S. The van der Waals surface area contributed by atoms with Gasteiger partial charge >= 0.3 is 5.97 Å². The minimum absolute atomic E-state index is 0.140. The maximum atomic E-state index is 11.3. The van der Waals surface area contributed by atoms with Crippen molar-refractivity contribution < 1.29 is 19.9 Å². The van der Waals surface area contributed by atoms with E-state index in [9.17, 15) is 25.1 Å². The minimum atomic E-state index is -1.32. The van der Waals surface area contributed by atoms with Gasteiger partial charge in [-0.1, -0.05) is 12.1 Å². The maximum absolute atomic E-state index is 11.3. The number of carbonyl (C=O) groups is 1. The lowest BCUT2D eigenvalue weighted by molar-refractivity contribution is -0.385. The van der Waals surface area contributed by atoms with Crippen molar-refractivity contribution in [3.8, 4) is 5.75 Å². The summed E-state index contributed by atoms with van der Waals surface area (Å²) in [5.74, 6) is -0.891. The fraction of sp³-hybridized carbons (Fsp3) is 0.0714. The Hall–Kier alpha value is -2.54. The molecule has 0 saturated heterocycles. The van der Waals surface area contributed by atoms with Gasteiger partial charge in [-0.25, -0.2) is 4.79 Å². The molecule has 108 valence electrons. The minimum Gasteiger partial charge on any atom is -0.508 e. The van der Waals surface area contributed by atoms with Gasteiger partial charge in [0.05, 0.1) is 4.92 Å². The summed E-state index contributed by atoms with van der Waals surface area (Å²) in [6, 6.07) is 10.6. The molecular weight excluding hydrogens is 294 g/mol. The van der Waals surface area contributed by atoms with Gasteiger partial charge in [0.25, 0.3) is 5.69 Å². The van der Waals surface area contributed by atoms with E-state index in [2.05, 4.69) is 0 Å². The summed E-state index contributed by atoms with van der Waals surface area (Å²) in [5.41, 5.74) is -0.310. The quantitative estimate of drug-likeness (QED) is 0.499. The molecule has 0 saturated carbocycles. The average Bonchev–Trinajstić information content (AvgIpc) is 2.46. The SMILES string of the molecule is O=C(O)c1c(CSc2ccc(O)cc2)cccc1[N+](=O)[O-]. The van der Waals surface area contributed by atoms with E-state index in [0.717, 1.165) is 4.90 Å². The predicted octanol–water partition coefficient (Wildman–Crippen LogP) is 3.29. The van der Waals surface area contributed by atoms with E-state index in [-0.39, 0.29) is 17.1 Å². The second-order valence-corrected chi connectivity index (χ2v) is 5.20. The van der Waals surface area contributed by atoms with Crippen LogP contribution in [0.15, 0.2) is 47.4 Å². The molecule has 2 aromatic rings. The van der Waals surface area contributed by atoms with Gasteiger partial charge in [-0.05, 0) is 29.8 Å². The van der Waals surface area contributed by atoms with Crippen LogP contribution < -0.4 is 0 Å². The normalized spacial score (nSPS) is 10.3. The van der Waals surface area contributed by atoms with Crippen LogP contribution in [0, 0.1) is 10.1 Å². The topological polar surface area (TPSA) is 101 Å². The van der Waals surface area contributed by atoms with Gasteiger partial charge < -0.3 is 10.2 Å². The van der Waals surface area contributed by atoms with Crippen molar-refractivity contribution in [1.29, 1.82) is 0 Å². The van der Waals surface area contributed by atoms with E-state index >= 15 is 0 Å². The molecule has 0 heterocycles. The molecule has 0 aliphatic carbocycles. The van der Waals surface area contributed by atoms with Crippen LogP contribution in [0.4, 0.5) is 5.69 Å². The largest absolute Gasteiger partial charge is 0.508 e. The van der Waals surface area contributed by atoms with E-state index < -0.39 is 16.6 Å². The third kappa shape index (κ3) is 3.51. The molecule has 7 heteroatoms. The van der Waals surface area contributed by atoms with Crippen molar-refractivity contribution in [3.63, 3.8) is 0 Å². The summed E-state index contributed by atoms with van der Waals surface area (Å²) in [6.07, 6.45) is 0. The maximum Gasteiger partial charge on any atom is 0.343 e. The van der Waals surface area contributed by atoms with Crippen molar-refractivity contribution in [1.82, 2.24) is 0 Å². The molecule has 0 atom stereocenters. The number of carboxylic acid groups (broad SMARTS) is 1. The van der Waals surface area contributed by atoms with E-state index in [4.69, 9.17) is 0 Å². The molecule has 0 radical (unpaired) electrons. The number of phenolic OH excluding ortho intramolecular Hbond substituents is 1. The Bertz CT molecular complexity index is 684. The summed E-state index contributed by atoms with van der Waals surface area (Å²) in [5, 5.41) is 29.3. The summed E-state index contributed by atoms with van der Waals surface area (Å²) in [4.78, 5) is 22.3. The molecule has 21 heavy (non-hydrogen) atoms. The van der Waals surface area contributed by atoms with E-state index in [1.807, 2.05) is 0 Å². The number of aromatic hydroxyl groups is 1. The molecule has 0 bridgehead atoms. The van der Waals surface area contributed by atoms with Gasteiger partial charge in [0, 0.05) is 16.7 Å². The summed E-state index contributed by atoms with van der Waals surface area (Å²) >= 11 is 1.34. The zero-order valence-corrected chi connectivity index (χ0v) is 11.5. The lowest BCUT2D eigenvalue weighted by Gasteiger charge is -2.06. The van der Waals surface area contributed by atoms with Crippen LogP contribution in [0.3, 0.4) is 0 Å². The predicted molar refractivity (Wildman–Crippen MR) is 77.7 cm³/mol. The Balaban J connectivity index is 2.27. The van der Waals surface area contributed by atoms with Crippen LogP contribution in [0.25, 0.3) is 0 Å². The number of hydrogen-bond donors (Lipinski definition) is 2. The highest BCUT2D eigenvalue weighted by molar-refractivity contribution is 7.98. The van der Waals surface area contributed by atoms with Crippen LogP contribution in [0.5, 0.6) is 5.75 Å². The molecule has 2 N–H and O–H groups in total. The van der Waals surface area contributed by atoms with Crippen LogP contribution in [-0.2, 0) is 5.75 Å². The fourth-order valence-electron chi connectivity index (χ4n) is 1.81. The third-order valence-electron chi connectivity index (χ3n) is 2.77. The molecule has 2 rings (SSSR count). The number of phenols is 1. The number of nitrogens with zero attached hydrogens (tertiary/aromatic N) is 1. The Kier molecular flexibility index (Phi) is 4.44. The zero-order chi connectivity index (χ0) is 15.4. The first-order chi connectivity index (χ1) is 9.99. The first-order valence-electron chi connectivity index (χ1n) is 5.90. The molecule has 0 spiro atoms. The highest BCUT2D eigenvalue weighted by Crippen LogP contribution is 2.29. The molecule has 0 fully saturated rings. The van der Waals surface area contributed by atoms with Gasteiger partial charge in [0.1, 0.15) is 11.3 Å². The molecule has 0 amide bonds. The third-order valence-corrected chi connectivity index (χ3v) is 3.83. The first kappa shape index (κ1) is 14.9. The Labute approximate surface area is 124 Å². The Morgan fingerprint density at radius 2 is 1.86 bits per heavy atom. The van der Waals surface area contributed by atoms with Crippen LogP contribution in [0.2, 0.25) is 0 Å². The van der Waals surface area contributed by atoms with Gasteiger partial charge in [-0.3, -0.25) is 10.1 Å². The van der Waals surface area contributed by atoms with Crippen molar-refractivity contribution in [2.24, 2.45) is 0 Å². The Morgan fingerprint density at radius 3 is 2.43 bits per heavy atom. The summed E-state index contributed by atoms with van der Waals surface area (Å²) in [7, 11) is 0. The van der Waals surface area contributed by atoms with Gasteiger partial charge in [0.15, 0.2) is 0 Å². The first-order valence-corrected chi connectivity index (χ1v) is 6.89. The van der Waals surface area contributed by atoms with Crippen LogP contribution in [-0.4, -0.2) is 21.1 Å². The summed E-state index contributed by atoms with van der Waals surface area (Å²) < 4.78 is 0. The Morgan fingerprint density at radius 1 is 1.19 bits per heavy atom. The molecule has 0 aliphatic heterocycles. The highest BCUT2D eigenvalue weighted by Gasteiger charge is 2.23. The molecule has 0 aromatic heterocycles. The molecule has 0 aliphatic rings. The zero-order valence-electron chi connectivity index (χ0n) is 10.7. The smallest absolute Gasteiger partial charge is 0.343 e. The number of hydrogen-bond acceptors (Lipinski definition) is 5. The summed E-state index contributed by atoms with van der Waals surface area (Å²) in [6.45, 7) is 0.